The zero-order valence-corrected chi connectivity index (χ0v) is 11.4. The highest BCUT2D eigenvalue weighted by molar-refractivity contribution is 9.10. The van der Waals surface area contributed by atoms with Crippen molar-refractivity contribution in [1.82, 2.24) is 5.32 Å². The number of halogens is 1. The summed E-state index contributed by atoms with van der Waals surface area (Å²) in [7, 11) is 0. The molecule has 1 aromatic rings. The maximum absolute atomic E-state index is 5.43. The zero-order chi connectivity index (χ0) is 10.9. The molecule has 1 aromatic heterocycles. The normalized spacial score (nSPS) is 10.8. The Kier molecular flexibility index (Phi) is 7.26. The summed E-state index contributed by atoms with van der Waals surface area (Å²) in [6, 6.07) is 2.17. The molecular weight excluding hydrogens is 272 g/mol. The predicted octanol–water partition coefficient (Wildman–Crippen LogP) is 3.12. The largest absolute Gasteiger partial charge is 0.330 e. The molecule has 0 bridgehead atoms. The van der Waals surface area contributed by atoms with Gasteiger partial charge in [-0.2, -0.15) is 0 Å². The quantitative estimate of drug-likeness (QED) is 0.722. The third kappa shape index (κ3) is 6.30. The van der Waals surface area contributed by atoms with Crippen LogP contribution in [0.4, 0.5) is 0 Å². The van der Waals surface area contributed by atoms with Gasteiger partial charge in [0.2, 0.25) is 0 Å². The minimum Gasteiger partial charge on any atom is -0.330 e. The third-order valence-electron chi connectivity index (χ3n) is 2.23. The molecular formula is C11H19BrN2S. The molecule has 0 aliphatic rings. The predicted molar refractivity (Wildman–Crippen MR) is 71.2 cm³/mol. The summed E-state index contributed by atoms with van der Waals surface area (Å²) in [5, 5.41) is 5.57. The average molecular weight is 291 g/mol. The molecule has 3 N–H and O–H groups in total. The molecule has 0 aliphatic carbocycles. The van der Waals surface area contributed by atoms with Crippen molar-refractivity contribution in [1.29, 1.82) is 0 Å². The molecule has 0 unspecified atom stereocenters. The SMILES string of the molecule is NCCCCCCNCc1cc(Br)cs1. The molecule has 0 fully saturated rings. The smallest absolute Gasteiger partial charge is 0.0300 e. The molecule has 1 heterocycles. The highest BCUT2D eigenvalue weighted by Gasteiger charge is 1.96. The molecule has 0 saturated carbocycles. The van der Waals surface area contributed by atoms with Gasteiger partial charge in [-0.3, -0.25) is 0 Å². The van der Waals surface area contributed by atoms with Crippen LogP contribution in [0.15, 0.2) is 15.9 Å². The number of rotatable bonds is 8. The lowest BCUT2D eigenvalue weighted by molar-refractivity contribution is 0.592. The number of nitrogens with two attached hydrogens (primary N) is 1. The molecule has 0 atom stereocenters. The minimum absolute atomic E-state index is 0.830. The zero-order valence-electron chi connectivity index (χ0n) is 8.97. The van der Waals surface area contributed by atoms with Crippen molar-refractivity contribution < 1.29 is 0 Å². The van der Waals surface area contributed by atoms with E-state index in [0.29, 0.717) is 0 Å². The summed E-state index contributed by atoms with van der Waals surface area (Å²) in [4.78, 5) is 1.39. The highest BCUT2D eigenvalue weighted by Crippen LogP contribution is 2.19. The van der Waals surface area contributed by atoms with Crippen LogP contribution >= 0.6 is 27.3 Å². The molecule has 15 heavy (non-hydrogen) atoms. The summed E-state index contributed by atoms with van der Waals surface area (Å²) < 4.78 is 1.19. The number of nitrogens with one attached hydrogen (secondary N) is 1. The molecule has 0 amide bonds. The Morgan fingerprint density at radius 3 is 2.73 bits per heavy atom. The Hall–Kier alpha value is 0.1000. The second-order valence-electron chi connectivity index (χ2n) is 3.61. The van der Waals surface area contributed by atoms with Crippen molar-refractivity contribution in [3.8, 4) is 0 Å². The van der Waals surface area contributed by atoms with E-state index in [4.69, 9.17) is 5.73 Å². The molecule has 0 aromatic carbocycles. The molecule has 1 rings (SSSR count). The first kappa shape index (κ1) is 13.2. The van der Waals surface area contributed by atoms with Gasteiger partial charge in [-0.15, -0.1) is 11.3 Å². The fourth-order valence-electron chi connectivity index (χ4n) is 1.41. The molecule has 0 saturated heterocycles. The maximum atomic E-state index is 5.43. The van der Waals surface area contributed by atoms with Gasteiger partial charge in [0.05, 0.1) is 0 Å². The standard InChI is InChI=1S/C11H19BrN2S/c12-10-7-11(15-9-10)8-14-6-4-2-1-3-5-13/h7,9,14H,1-6,8,13H2. The lowest BCUT2D eigenvalue weighted by Gasteiger charge is -2.02. The second kappa shape index (κ2) is 8.28. The van der Waals surface area contributed by atoms with Crippen LogP contribution in [0.1, 0.15) is 30.6 Å². The van der Waals surface area contributed by atoms with Crippen LogP contribution < -0.4 is 11.1 Å². The van der Waals surface area contributed by atoms with E-state index in [0.717, 1.165) is 26.1 Å². The van der Waals surface area contributed by atoms with Crippen LogP contribution in [0.3, 0.4) is 0 Å². The number of hydrogen-bond donors (Lipinski definition) is 2. The van der Waals surface area contributed by atoms with Crippen molar-refractivity contribution in [2.75, 3.05) is 13.1 Å². The lowest BCUT2D eigenvalue weighted by Crippen LogP contribution is -2.13. The van der Waals surface area contributed by atoms with E-state index < -0.39 is 0 Å². The second-order valence-corrected chi connectivity index (χ2v) is 5.52. The first-order valence-electron chi connectivity index (χ1n) is 5.46. The van der Waals surface area contributed by atoms with Crippen LogP contribution in [0.2, 0.25) is 0 Å². The summed E-state index contributed by atoms with van der Waals surface area (Å²) in [5.41, 5.74) is 5.43. The molecule has 4 heteroatoms. The van der Waals surface area contributed by atoms with Crippen LogP contribution in [0, 0.1) is 0 Å². The molecule has 0 radical (unpaired) electrons. The van der Waals surface area contributed by atoms with Crippen molar-refractivity contribution in [3.05, 3.63) is 20.8 Å². The fraction of sp³-hybridized carbons (Fsp3) is 0.636. The lowest BCUT2D eigenvalue weighted by atomic mass is 10.2. The van der Waals surface area contributed by atoms with E-state index in [-0.39, 0.29) is 0 Å². The monoisotopic (exact) mass is 290 g/mol. The van der Waals surface area contributed by atoms with E-state index in [2.05, 4.69) is 32.7 Å². The van der Waals surface area contributed by atoms with E-state index >= 15 is 0 Å². The minimum atomic E-state index is 0.830. The van der Waals surface area contributed by atoms with Gasteiger partial charge in [-0.25, -0.2) is 0 Å². The topological polar surface area (TPSA) is 38.0 Å². The molecule has 2 nitrogen and oxygen atoms in total. The van der Waals surface area contributed by atoms with Gasteiger partial charge < -0.3 is 11.1 Å². The van der Waals surface area contributed by atoms with Crippen LogP contribution in [0.5, 0.6) is 0 Å². The Bertz CT molecular complexity index is 263. The third-order valence-corrected chi connectivity index (χ3v) is 3.93. The summed E-state index contributed by atoms with van der Waals surface area (Å²) in [6.45, 7) is 2.93. The average Bonchev–Trinajstić information content (AvgIpc) is 2.63. The summed E-state index contributed by atoms with van der Waals surface area (Å²) >= 11 is 5.25. The summed E-state index contributed by atoms with van der Waals surface area (Å²) in [5.74, 6) is 0. The Balaban J connectivity index is 1.93. The Morgan fingerprint density at radius 1 is 1.27 bits per heavy atom. The van der Waals surface area contributed by atoms with E-state index in [1.165, 1.54) is 28.6 Å². The van der Waals surface area contributed by atoms with Crippen LogP contribution in [-0.2, 0) is 6.54 Å². The van der Waals surface area contributed by atoms with Crippen molar-refractivity contribution in [2.24, 2.45) is 5.73 Å². The van der Waals surface area contributed by atoms with Gasteiger partial charge in [0.15, 0.2) is 0 Å². The fourth-order valence-corrected chi connectivity index (χ4v) is 2.83. The number of unbranched alkanes of at least 4 members (excludes halogenated alkanes) is 3. The van der Waals surface area contributed by atoms with Crippen molar-refractivity contribution in [2.45, 2.75) is 32.2 Å². The van der Waals surface area contributed by atoms with Crippen molar-refractivity contribution >= 4 is 27.3 Å². The van der Waals surface area contributed by atoms with Gasteiger partial charge in [0, 0.05) is 21.3 Å². The van der Waals surface area contributed by atoms with E-state index in [1.54, 1.807) is 11.3 Å². The maximum Gasteiger partial charge on any atom is 0.0300 e. The first-order chi connectivity index (χ1) is 7.33. The van der Waals surface area contributed by atoms with Crippen molar-refractivity contribution in [3.63, 3.8) is 0 Å². The highest BCUT2D eigenvalue weighted by atomic mass is 79.9. The number of hydrogen-bond acceptors (Lipinski definition) is 3. The summed E-state index contributed by atoms with van der Waals surface area (Å²) in [6.07, 6.45) is 4.98. The van der Waals surface area contributed by atoms with E-state index in [1.807, 2.05) is 0 Å². The molecule has 0 spiro atoms. The first-order valence-corrected chi connectivity index (χ1v) is 7.14. The van der Waals surface area contributed by atoms with Crippen LogP contribution in [-0.4, -0.2) is 13.1 Å². The Morgan fingerprint density at radius 2 is 2.07 bits per heavy atom. The van der Waals surface area contributed by atoms with Gasteiger partial charge in [-0.05, 0) is 47.9 Å². The van der Waals surface area contributed by atoms with Gasteiger partial charge in [0.25, 0.3) is 0 Å². The van der Waals surface area contributed by atoms with Crippen LogP contribution in [0.25, 0.3) is 0 Å². The molecule has 0 aliphatic heterocycles. The Labute approximate surface area is 104 Å². The van der Waals surface area contributed by atoms with Gasteiger partial charge in [0.1, 0.15) is 0 Å². The molecule has 86 valence electrons. The van der Waals surface area contributed by atoms with Gasteiger partial charge in [-0.1, -0.05) is 12.8 Å². The van der Waals surface area contributed by atoms with E-state index in [9.17, 15) is 0 Å². The number of thiophene rings is 1. The van der Waals surface area contributed by atoms with Gasteiger partial charge >= 0.3 is 0 Å².